The number of hydrogen-bond acceptors (Lipinski definition) is 6. The van der Waals surface area contributed by atoms with Crippen LogP contribution in [-0.2, 0) is 0 Å². The second kappa shape index (κ2) is 20.0. The molecule has 3 rings (SSSR count). The van der Waals surface area contributed by atoms with Crippen LogP contribution in [0.5, 0.6) is 0 Å². The van der Waals surface area contributed by atoms with Crippen LogP contribution in [0.4, 0.5) is 0 Å². The van der Waals surface area contributed by atoms with Gasteiger partial charge in [-0.3, -0.25) is 25.1 Å². The van der Waals surface area contributed by atoms with Crippen molar-refractivity contribution in [3.05, 3.63) is 91.0 Å². The molecule has 0 bridgehead atoms. The van der Waals surface area contributed by atoms with Gasteiger partial charge in [-0.05, 0) is 0 Å². The molecule has 0 aliphatic carbocycles. The van der Waals surface area contributed by atoms with E-state index in [9.17, 15) is 29.4 Å². The molecule has 146 valence electrons. The van der Waals surface area contributed by atoms with Gasteiger partial charge in [-0.1, -0.05) is 107 Å². The second-order valence-electron chi connectivity index (χ2n) is 4.78. The minimum Gasteiger partial charge on any atom is -0.838 e. The van der Waals surface area contributed by atoms with Gasteiger partial charge in [0, 0.05) is 0 Å². The zero-order chi connectivity index (χ0) is 20.1. The summed E-state index contributed by atoms with van der Waals surface area (Å²) in [5, 5.41) is 1.10. The normalized spacial score (nSPS) is 9.41. The van der Waals surface area contributed by atoms with E-state index in [1.165, 1.54) is 0 Å². The molecule has 0 amide bonds. The molecule has 0 unspecified atom stereocenters. The van der Waals surface area contributed by atoms with Crippen molar-refractivity contribution in [2.75, 3.05) is 0 Å². The molecule has 0 aliphatic heterocycles. The van der Waals surface area contributed by atoms with Gasteiger partial charge >= 0.3 is 81.7 Å². The standard InChI is InChI=1S/3C6H5O2P.2Nd/c3*7-9(8)6-4-2-1-3-5-6;;/h3*1-5H;;/q3*-2;2*+3. The van der Waals surface area contributed by atoms with Crippen molar-refractivity contribution in [3.63, 3.8) is 0 Å². The Morgan fingerprint density at radius 2 is 0.517 bits per heavy atom. The smallest absolute Gasteiger partial charge is 0.838 e. The summed E-state index contributed by atoms with van der Waals surface area (Å²) in [6.07, 6.45) is 0. The second-order valence-corrected chi connectivity index (χ2v) is 7.87. The maximum atomic E-state index is 10.2. The number of rotatable bonds is 3. The first-order valence-electron chi connectivity index (χ1n) is 7.50. The molecule has 3 aromatic rings. The first-order chi connectivity index (χ1) is 12.9. The van der Waals surface area contributed by atoms with Gasteiger partial charge in [-0.25, -0.2) is 0 Å². The largest absolute Gasteiger partial charge is 3.00 e. The molecular formula is C18H15Nd2O6P3. The third kappa shape index (κ3) is 15.8. The van der Waals surface area contributed by atoms with E-state index in [1.54, 1.807) is 91.0 Å². The van der Waals surface area contributed by atoms with E-state index >= 15 is 0 Å². The van der Waals surface area contributed by atoms with Crippen molar-refractivity contribution in [3.8, 4) is 0 Å². The van der Waals surface area contributed by atoms with Crippen LogP contribution in [0.3, 0.4) is 0 Å². The Morgan fingerprint density at radius 3 is 0.621 bits per heavy atom. The van der Waals surface area contributed by atoms with Crippen LogP contribution in [0.1, 0.15) is 0 Å². The van der Waals surface area contributed by atoms with Crippen LogP contribution >= 0.6 is 25.1 Å². The molecule has 0 aliphatic rings. The summed E-state index contributed by atoms with van der Waals surface area (Å²) in [6.45, 7) is 0. The van der Waals surface area contributed by atoms with E-state index in [1.807, 2.05) is 0 Å². The van der Waals surface area contributed by atoms with Gasteiger partial charge in [0.15, 0.2) is 0 Å². The fourth-order valence-corrected chi connectivity index (χ4v) is 2.90. The zero-order valence-electron chi connectivity index (χ0n) is 15.0. The first kappa shape index (κ1) is 32.6. The number of benzene rings is 3. The van der Waals surface area contributed by atoms with E-state index in [4.69, 9.17) is 0 Å². The van der Waals surface area contributed by atoms with Crippen molar-refractivity contribution in [2.45, 2.75) is 0 Å². The molecule has 0 saturated heterocycles. The van der Waals surface area contributed by atoms with Gasteiger partial charge in [-0.2, -0.15) is 0 Å². The van der Waals surface area contributed by atoms with Gasteiger partial charge in [0.05, 0.1) is 0 Å². The molecule has 11 heteroatoms. The predicted octanol–water partition coefficient (Wildman–Crippen LogP) is -1.97. The summed E-state index contributed by atoms with van der Waals surface area (Å²) in [5.74, 6) is 0. The molecule has 0 atom stereocenters. The molecule has 0 heterocycles. The van der Waals surface area contributed by atoms with Crippen LogP contribution in [0, 0.1) is 81.7 Å². The Hall–Kier alpha value is 1.41. The molecule has 3 aromatic carbocycles. The first-order valence-corrected chi connectivity index (χ1v) is 11.0. The molecule has 0 N–H and O–H groups in total. The van der Waals surface area contributed by atoms with Crippen molar-refractivity contribution in [1.82, 2.24) is 0 Å². The van der Waals surface area contributed by atoms with E-state index in [-0.39, 0.29) is 81.7 Å². The Kier molecular flexibility index (Phi) is 22.5. The van der Waals surface area contributed by atoms with E-state index in [2.05, 4.69) is 0 Å². The van der Waals surface area contributed by atoms with Crippen LogP contribution < -0.4 is 45.3 Å². The Labute approximate surface area is 239 Å². The third-order valence-corrected chi connectivity index (χ3v) is 5.06. The fraction of sp³-hybridized carbons (Fsp3) is 0. The zero-order valence-corrected chi connectivity index (χ0v) is 24.1. The average Bonchev–Trinajstić information content (AvgIpc) is 2.71. The molecular weight excluding hydrogens is 694 g/mol. The Morgan fingerprint density at radius 1 is 0.345 bits per heavy atom. The third-order valence-electron chi connectivity index (χ3n) is 2.90. The quantitative estimate of drug-likeness (QED) is 0.290. The molecule has 0 fully saturated rings. The van der Waals surface area contributed by atoms with Gasteiger partial charge in [0.25, 0.3) is 0 Å². The van der Waals surface area contributed by atoms with Gasteiger partial charge in [-0.15, -0.1) is 0 Å². The Bertz CT molecular complexity index is 635. The monoisotopic (exact) mass is 704 g/mol. The van der Waals surface area contributed by atoms with Gasteiger partial charge in [0.2, 0.25) is 0 Å². The van der Waals surface area contributed by atoms with Crippen LogP contribution in [-0.4, -0.2) is 0 Å². The SMILES string of the molecule is [Nd+3].[Nd+3].[O-]P([O-])c1ccccc1.[O-]P([O-])c1ccccc1.[O-]P([O-])c1ccccc1. The van der Waals surface area contributed by atoms with Crippen molar-refractivity contribution in [1.29, 1.82) is 0 Å². The average molecular weight is 709 g/mol. The fourth-order valence-electron chi connectivity index (χ4n) is 1.65. The van der Waals surface area contributed by atoms with Crippen LogP contribution in [0.25, 0.3) is 0 Å². The molecule has 0 spiro atoms. The molecule has 29 heavy (non-hydrogen) atoms. The minimum atomic E-state index is -2.40. The Balaban J connectivity index is 0. The van der Waals surface area contributed by atoms with Gasteiger partial charge < -0.3 is 29.4 Å². The van der Waals surface area contributed by atoms with Gasteiger partial charge in [0.1, 0.15) is 0 Å². The maximum absolute atomic E-state index is 10.2. The molecule has 6 nitrogen and oxygen atoms in total. The maximum Gasteiger partial charge on any atom is 3.00 e. The molecule has 0 saturated carbocycles. The summed E-state index contributed by atoms with van der Waals surface area (Å²) >= 11 is 0. The summed E-state index contributed by atoms with van der Waals surface area (Å²) in [5.41, 5.74) is 0. The van der Waals surface area contributed by atoms with Crippen molar-refractivity contribution >= 4 is 41.0 Å². The molecule has 2 radical (unpaired) electrons. The minimum absolute atomic E-state index is 0. The number of hydrogen-bond donors (Lipinski definition) is 0. The van der Waals surface area contributed by atoms with E-state index in [0.29, 0.717) is 15.9 Å². The van der Waals surface area contributed by atoms with E-state index < -0.39 is 25.1 Å². The summed E-state index contributed by atoms with van der Waals surface area (Å²) in [7, 11) is -7.19. The predicted molar refractivity (Wildman–Crippen MR) is 99.0 cm³/mol. The van der Waals surface area contributed by atoms with E-state index in [0.717, 1.165) is 0 Å². The summed E-state index contributed by atoms with van der Waals surface area (Å²) in [4.78, 5) is 61.4. The summed E-state index contributed by atoms with van der Waals surface area (Å²) in [6, 6.07) is 24.9. The summed E-state index contributed by atoms with van der Waals surface area (Å²) < 4.78 is 0. The van der Waals surface area contributed by atoms with Crippen LogP contribution in [0.15, 0.2) is 91.0 Å². The van der Waals surface area contributed by atoms with Crippen LogP contribution in [0.2, 0.25) is 0 Å². The molecule has 0 aromatic heterocycles. The van der Waals surface area contributed by atoms with Crippen molar-refractivity contribution in [2.24, 2.45) is 0 Å². The topological polar surface area (TPSA) is 138 Å². The van der Waals surface area contributed by atoms with Crippen molar-refractivity contribution < 1.29 is 111 Å².